The summed E-state index contributed by atoms with van der Waals surface area (Å²) >= 11 is 3.32. The van der Waals surface area contributed by atoms with Crippen molar-refractivity contribution < 1.29 is 19.4 Å². The number of nitrogens with one attached hydrogen (secondary N) is 1. The van der Waals surface area contributed by atoms with Crippen molar-refractivity contribution in [1.82, 2.24) is 5.32 Å². The fraction of sp³-hybridized carbons (Fsp3) is 0.286. The van der Waals surface area contributed by atoms with E-state index in [0.717, 1.165) is 0 Å². The highest BCUT2D eigenvalue weighted by atomic mass is 79.9. The van der Waals surface area contributed by atoms with Crippen LogP contribution in [0.1, 0.15) is 16.8 Å². The second kappa shape index (κ2) is 6.09. The van der Waals surface area contributed by atoms with E-state index in [1.54, 1.807) is 37.5 Å². The summed E-state index contributed by atoms with van der Waals surface area (Å²) in [5.41, 5.74) is 0.491. The van der Waals surface area contributed by atoms with Crippen LogP contribution in [-0.2, 0) is 4.79 Å². The summed E-state index contributed by atoms with van der Waals surface area (Å²) < 4.78 is 5.79. The minimum Gasteiger partial charge on any atom is -0.496 e. The standard InChI is InChI=1S/C14H14BrNO4/c1-20-12-5-3-8(7-11(12)15)13(17)16-10-4-2-9(6-10)14(18)19/h2-5,7,9-10H,6H2,1H3,(H,16,17)(H,18,19). The molecule has 0 spiro atoms. The molecule has 2 N–H and O–H groups in total. The molecule has 20 heavy (non-hydrogen) atoms. The fourth-order valence-electron chi connectivity index (χ4n) is 2.05. The van der Waals surface area contributed by atoms with Crippen LogP contribution in [0.25, 0.3) is 0 Å². The van der Waals surface area contributed by atoms with Crippen molar-refractivity contribution in [3.05, 3.63) is 40.4 Å². The summed E-state index contributed by atoms with van der Waals surface area (Å²) in [6, 6.07) is 4.78. The van der Waals surface area contributed by atoms with Crippen LogP contribution in [0, 0.1) is 5.92 Å². The minimum atomic E-state index is -0.870. The van der Waals surface area contributed by atoms with Crippen molar-refractivity contribution in [2.75, 3.05) is 7.11 Å². The molecule has 0 radical (unpaired) electrons. The highest BCUT2D eigenvalue weighted by Gasteiger charge is 2.25. The number of carbonyl (C=O) groups excluding carboxylic acids is 1. The molecule has 5 nitrogen and oxygen atoms in total. The van der Waals surface area contributed by atoms with E-state index in [9.17, 15) is 9.59 Å². The van der Waals surface area contributed by atoms with Gasteiger partial charge >= 0.3 is 5.97 Å². The normalized spacial score (nSPS) is 20.7. The molecule has 106 valence electrons. The van der Waals surface area contributed by atoms with Crippen LogP contribution in [0.15, 0.2) is 34.8 Å². The zero-order valence-corrected chi connectivity index (χ0v) is 12.4. The van der Waals surface area contributed by atoms with Gasteiger partial charge < -0.3 is 15.2 Å². The SMILES string of the molecule is COc1ccc(C(=O)NC2C=CC(C(=O)O)C2)cc1Br. The summed E-state index contributed by atoms with van der Waals surface area (Å²) in [6.45, 7) is 0. The van der Waals surface area contributed by atoms with Gasteiger partial charge in [0.15, 0.2) is 0 Å². The average molecular weight is 340 g/mol. The third-order valence-electron chi connectivity index (χ3n) is 3.13. The summed E-state index contributed by atoms with van der Waals surface area (Å²) in [7, 11) is 1.55. The van der Waals surface area contributed by atoms with Gasteiger partial charge in [-0.25, -0.2) is 0 Å². The van der Waals surface area contributed by atoms with Crippen molar-refractivity contribution in [3.8, 4) is 5.75 Å². The largest absolute Gasteiger partial charge is 0.496 e. The van der Waals surface area contributed by atoms with Crippen LogP contribution < -0.4 is 10.1 Å². The Morgan fingerprint density at radius 2 is 2.15 bits per heavy atom. The van der Waals surface area contributed by atoms with Crippen molar-refractivity contribution in [2.24, 2.45) is 5.92 Å². The highest BCUT2D eigenvalue weighted by Crippen LogP contribution is 2.26. The second-order valence-electron chi connectivity index (χ2n) is 4.49. The third kappa shape index (κ3) is 3.19. The molecule has 6 heteroatoms. The maximum Gasteiger partial charge on any atom is 0.310 e. The van der Waals surface area contributed by atoms with Crippen molar-refractivity contribution >= 4 is 27.8 Å². The molecule has 1 aromatic carbocycles. The molecule has 2 unspecified atom stereocenters. The van der Waals surface area contributed by atoms with Gasteiger partial charge in [0.05, 0.1) is 17.5 Å². The molecule has 1 amide bonds. The van der Waals surface area contributed by atoms with Crippen LogP contribution in [-0.4, -0.2) is 30.1 Å². The number of carbonyl (C=O) groups is 2. The number of hydrogen-bond donors (Lipinski definition) is 2. The van der Waals surface area contributed by atoms with Gasteiger partial charge in [0, 0.05) is 11.6 Å². The monoisotopic (exact) mass is 339 g/mol. The summed E-state index contributed by atoms with van der Waals surface area (Å²) in [5.74, 6) is -0.990. The van der Waals surface area contributed by atoms with Crippen molar-refractivity contribution in [1.29, 1.82) is 0 Å². The van der Waals surface area contributed by atoms with E-state index in [0.29, 0.717) is 22.2 Å². The van der Waals surface area contributed by atoms with Crippen molar-refractivity contribution in [2.45, 2.75) is 12.5 Å². The van der Waals surface area contributed by atoms with Gasteiger partial charge in [0.1, 0.15) is 5.75 Å². The first-order chi connectivity index (χ1) is 9.51. The Hall–Kier alpha value is -1.82. The summed E-state index contributed by atoms with van der Waals surface area (Å²) in [6.07, 6.45) is 3.71. The molecule has 0 aromatic heterocycles. The molecule has 0 saturated heterocycles. The second-order valence-corrected chi connectivity index (χ2v) is 5.35. The van der Waals surface area contributed by atoms with Crippen molar-refractivity contribution in [3.63, 3.8) is 0 Å². The van der Waals surface area contributed by atoms with E-state index in [1.165, 1.54) is 0 Å². The average Bonchev–Trinajstić information content (AvgIpc) is 2.87. The maximum atomic E-state index is 12.1. The Kier molecular flexibility index (Phi) is 4.44. The molecule has 0 heterocycles. The summed E-state index contributed by atoms with van der Waals surface area (Å²) in [4.78, 5) is 22.9. The van der Waals surface area contributed by atoms with E-state index < -0.39 is 11.9 Å². The number of hydrogen-bond acceptors (Lipinski definition) is 3. The Bertz CT molecular complexity index is 570. The Balaban J connectivity index is 2.01. The third-order valence-corrected chi connectivity index (χ3v) is 3.75. The van der Waals surface area contributed by atoms with E-state index in [-0.39, 0.29) is 11.9 Å². The van der Waals surface area contributed by atoms with Gasteiger partial charge in [0.25, 0.3) is 5.91 Å². The van der Waals surface area contributed by atoms with E-state index in [1.807, 2.05) is 0 Å². The Morgan fingerprint density at radius 1 is 1.40 bits per heavy atom. The number of carboxylic acid groups (broad SMARTS) is 1. The summed E-state index contributed by atoms with van der Waals surface area (Å²) in [5, 5.41) is 11.7. The van der Waals surface area contributed by atoms with E-state index in [4.69, 9.17) is 9.84 Å². The fourth-order valence-corrected chi connectivity index (χ4v) is 2.59. The molecule has 1 aliphatic carbocycles. The van der Waals surface area contributed by atoms with Crippen LogP contribution in [0.3, 0.4) is 0 Å². The molecule has 1 aromatic rings. The lowest BCUT2D eigenvalue weighted by molar-refractivity contribution is -0.140. The zero-order valence-electron chi connectivity index (χ0n) is 10.8. The number of methoxy groups -OCH3 is 1. The Labute approximate surface area is 124 Å². The van der Waals surface area contributed by atoms with Crippen LogP contribution in [0.5, 0.6) is 5.75 Å². The first-order valence-electron chi connectivity index (χ1n) is 6.07. The van der Waals surface area contributed by atoms with E-state index in [2.05, 4.69) is 21.2 Å². The first-order valence-corrected chi connectivity index (χ1v) is 6.86. The molecule has 1 aliphatic rings. The lowest BCUT2D eigenvalue weighted by Crippen LogP contribution is -2.33. The molecular formula is C14H14BrNO4. The van der Waals surface area contributed by atoms with Crippen LogP contribution >= 0.6 is 15.9 Å². The lowest BCUT2D eigenvalue weighted by atomic mass is 10.1. The van der Waals surface area contributed by atoms with E-state index >= 15 is 0 Å². The molecule has 0 fully saturated rings. The van der Waals surface area contributed by atoms with Crippen LogP contribution in [0.2, 0.25) is 0 Å². The molecule has 0 saturated carbocycles. The van der Waals surface area contributed by atoms with Gasteiger partial charge in [-0.1, -0.05) is 12.2 Å². The van der Waals surface area contributed by atoms with Gasteiger partial charge in [-0.15, -0.1) is 0 Å². The number of rotatable bonds is 4. The number of benzene rings is 1. The molecule has 0 bridgehead atoms. The van der Waals surface area contributed by atoms with Gasteiger partial charge in [-0.2, -0.15) is 0 Å². The predicted octanol–water partition coefficient (Wildman–Crippen LogP) is 2.22. The number of ether oxygens (including phenoxy) is 1. The molecule has 2 atom stereocenters. The topological polar surface area (TPSA) is 75.6 Å². The number of amides is 1. The smallest absolute Gasteiger partial charge is 0.310 e. The minimum absolute atomic E-state index is 0.242. The quantitative estimate of drug-likeness (QED) is 0.824. The maximum absolute atomic E-state index is 12.1. The lowest BCUT2D eigenvalue weighted by Gasteiger charge is -2.13. The van der Waals surface area contributed by atoms with Gasteiger partial charge in [-0.05, 0) is 40.5 Å². The molecule has 0 aliphatic heterocycles. The number of carboxylic acids is 1. The predicted molar refractivity (Wildman–Crippen MR) is 76.8 cm³/mol. The Morgan fingerprint density at radius 3 is 2.70 bits per heavy atom. The zero-order chi connectivity index (χ0) is 14.7. The van der Waals surface area contributed by atoms with Gasteiger partial charge in [0.2, 0.25) is 0 Å². The van der Waals surface area contributed by atoms with Crippen LogP contribution in [0.4, 0.5) is 0 Å². The first kappa shape index (κ1) is 14.6. The number of aliphatic carboxylic acids is 1. The van der Waals surface area contributed by atoms with Gasteiger partial charge in [-0.3, -0.25) is 9.59 Å². The number of halogens is 1. The molecule has 2 rings (SSSR count). The highest BCUT2D eigenvalue weighted by molar-refractivity contribution is 9.10. The molecular weight excluding hydrogens is 326 g/mol.